The second-order valence-electron chi connectivity index (χ2n) is 7.81. The zero-order valence-electron chi connectivity index (χ0n) is 13.4. The van der Waals surface area contributed by atoms with Crippen LogP contribution in [0, 0.1) is 5.41 Å². The molecule has 0 aliphatic carbocycles. The lowest BCUT2D eigenvalue weighted by atomic mass is 10.0. The van der Waals surface area contributed by atoms with Crippen molar-refractivity contribution in [3.63, 3.8) is 0 Å². The number of nitrogens with zero attached hydrogens (tertiary/aromatic N) is 2. The molecule has 2 nitrogen and oxygen atoms in total. The van der Waals surface area contributed by atoms with Gasteiger partial charge in [-0.25, -0.2) is 0 Å². The number of hydrogen-bond donors (Lipinski definition) is 0. The van der Waals surface area contributed by atoms with Crippen LogP contribution >= 0.6 is 0 Å². The SMILES string of the molecule is CC(C)(C)C.CN1CCCN(C(C)(C)C)CC1. The molecule has 104 valence electrons. The molecule has 0 aromatic carbocycles. The van der Waals surface area contributed by atoms with Gasteiger partial charge in [-0.15, -0.1) is 0 Å². The van der Waals surface area contributed by atoms with E-state index < -0.39 is 0 Å². The fourth-order valence-electron chi connectivity index (χ4n) is 1.72. The zero-order valence-corrected chi connectivity index (χ0v) is 13.4. The van der Waals surface area contributed by atoms with Crippen LogP contribution in [0.2, 0.25) is 0 Å². The Balaban J connectivity index is 0.000000437. The van der Waals surface area contributed by atoms with Crippen LogP contribution in [0.15, 0.2) is 0 Å². The smallest absolute Gasteiger partial charge is 0.0125 e. The van der Waals surface area contributed by atoms with Gasteiger partial charge in [-0.3, -0.25) is 4.90 Å². The molecule has 1 aliphatic heterocycles. The van der Waals surface area contributed by atoms with E-state index in [0.717, 1.165) is 0 Å². The Hall–Kier alpha value is -0.0800. The van der Waals surface area contributed by atoms with Gasteiger partial charge in [-0.05, 0) is 52.7 Å². The Kier molecular flexibility index (Phi) is 6.71. The molecule has 0 atom stereocenters. The third-order valence-corrected chi connectivity index (χ3v) is 2.67. The van der Waals surface area contributed by atoms with E-state index in [9.17, 15) is 0 Å². The van der Waals surface area contributed by atoms with Crippen molar-refractivity contribution in [2.24, 2.45) is 5.41 Å². The summed E-state index contributed by atoms with van der Waals surface area (Å²) >= 11 is 0. The van der Waals surface area contributed by atoms with E-state index in [0.29, 0.717) is 11.0 Å². The van der Waals surface area contributed by atoms with Gasteiger partial charge in [0, 0.05) is 18.6 Å². The minimum absolute atomic E-state index is 0.352. The van der Waals surface area contributed by atoms with Crippen LogP contribution in [0.25, 0.3) is 0 Å². The summed E-state index contributed by atoms with van der Waals surface area (Å²) in [5, 5.41) is 0. The second kappa shape index (κ2) is 6.75. The van der Waals surface area contributed by atoms with E-state index in [-0.39, 0.29) is 0 Å². The first-order valence-electron chi connectivity index (χ1n) is 6.94. The fourth-order valence-corrected chi connectivity index (χ4v) is 1.72. The van der Waals surface area contributed by atoms with Gasteiger partial charge < -0.3 is 4.90 Å². The maximum Gasteiger partial charge on any atom is 0.0125 e. The molecule has 0 saturated carbocycles. The monoisotopic (exact) mass is 242 g/mol. The molecule has 0 N–H and O–H groups in total. The van der Waals surface area contributed by atoms with Crippen molar-refractivity contribution >= 4 is 0 Å². The fraction of sp³-hybridized carbons (Fsp3) is 1.00. The molecule has 0 aromatic rings. The van der Waals surface area contributed by atoms with Crippen molar-refractivity contribution in [2.45, 2.75) is 60.4 Å². The zero-order chi connectivity index (χ0) is 13.7. The third kappa shape index (κ3) is 10.8. The van der Waals surface area contributed by atoms with Gasteiger partial charge in [-0.2, -0.15) is 0 Å². The van der Waals surface area contributed by atoms with E-state index in [1.165, 1.54) is 32.6 Å². The first kappa shape index (κ1) is 16.9. The van der Waals surface area contributed by atoms with Crippen LogP contribution in [-0.2, 0) is 0 Å². The highest BCUT2D eigenvalue weighted by Gasteiger charge is 2.22. The lowest BCUT2D eigenvalue weighted by molar-refractivity contribution is 0.143. The molecule has 0 amide bonds. The average molecular weight is 242 g/mol. The molecule has 1 aliphatic rings. The van der Waals surface area contributed by atoms with Crippen molar-refractivity contribution in [1.82, 2.24) is 9.80 Å². The molecule has 1 fully saturated rings. The van der Waals surface area contributed by atoms with E-state index in [4.69, 9.17) is 0 Å². The lowest BCUT2D eigenvalue weighted by Crippen LogP contribution is -2.43. The van der Waals surface area contributed by atoms with Gasteiger partial charge in [0.25, 0.3) is 0 Å². The van der Waals surface area contributed by atoms with Gasteiger partial charge in [0.15, 0.2) is 0 Å². The van der Waals surface area contributed by atoms with Gasteiger partial charge >= 0.3 is 0 Å². The highest BCUT2D eigenvalue weighted by atomic mass is 15.2. The topological polar surface area (TPSA) is 6.48 Å². The van der Waals surface area contributed by atoms with E-state index >= 15 is 0 Å². The van der Waals surface area contributed by atoms with Gasteiger partial charge in [0.05, 0.1) is 0 Å². The van der Waals surface area contributed by atoms with Crippen LogP contribution in [0.1, 0.15) is 54.9 Å². The highest BCUT2D eigenvalue weighted by molar-refractivity contribution is 4.79. The molecular weight excluding hydrogens is 208 g/mol. The number of hydrogen-bond acceptors (Lipinski definition) is 2. The normalized spacial score (nSPS) is 20.5. The summed E-state index contributed by atoms with van der Waals surface area (Å²) in [6, 6.07) is 0. The molecule has 1 heterocycles. The molecule has 0 unspecified atom stereocenters. The third-order valence-electron chi connectivity index (χ3n) is 2.67. The van der Waals surface area contributed by atoms with Crippen LogP contribution in [-0.4, -0.2) is 48.6 Å². The predicted octanol–water partition coefficient (Wildman–Crippen LogP) is 3.47. The Morgan fingerprint density at radius 2 is 1.18 bits per heavy atom. The Morgan fingerprint density at radius 3 is 1.59 bits per heavy atom. The minimum atomic E-state index is 0.352. The molecule has 1 saturated heterocycles. The maximum absolute atomic E-state index is 2.58. The molecule has 0 radical (unpaired) electrons. The second-order valence-corrected chi connectivity index (χ2v) is 7.81. The summed E-state index contributed by atoms with van der Waals surface area (Å²) in [4.78, 5) is 5.00. The number of rotatable bonds is 0. The first-order valence-corrected chi connectivity index (χ1v) is 6.94. The summed E-state index contributed by atoms with van der Waals surface area (Å²) in [6.45, 7) is 20.6. The molecule has 0 aromatic heterocycles. The van der Waals surface area contributed by atoms with Gasteiger partial charge in [0.1, 0.15) is 0 Å². The summed E-state index contributed by atoms with van der Waals surface area (Å²) in [5.41, 5.74) is 0.852. The van der Waals surface area contributed by atoms with Crippen LogP contribution in [0.4, 0.5) is 0 Å². The molecule has 2 heteroatoms. The van der Waals surface area contributed by atoms with Crippen molar-refractivity contribution in [1.29, 1.82) is 0 Å². The molecule has 0 spiro atoms. The van der Waals surface area contributed by atoms with Crippen molar-refractivity contribution in [2.75, 3.05) is 33.2 Å². The van der Waals surface area contributed by atoms with E-state index in [1.54, 1.807) is 0 Å². The quantitative estimate of drug-likeness (QED) is 0.642. The minimum Gasteiger partial charge on any atom is -0.305 e. The van der Waals surface area contributed by atoms with Crippen molar-refractivity contribution in [3.05, 3.63) is 0 Å². The molecule has 1 rings (SSSR count). The first-order chi connectivity index (χ1) is 7.50. The van der Waals surface area contributed by atoms with E-state index in [2.05, 4.69) is 65.3 Å². The standard InChI is InChI=1S/C10H22N2.C5H12/c1-10(2,3)12-7-5-6-11(4)8-9-12;1-5(2,3)4/h5-9H2,1-4H3;1-4H3. The average Bonchev–Trinajstić information content (AvgIpc) is 2.25. The summed E-state index contributed by atoms with van der Waals surface area (Å²) in [7, 11) is 2.21. The lowest BCUT2D eigenvalue weighted by Gasteiger charge is -2.34. The Bertz CT molecular complexity index is 192. The van der Waals surface area contributed by atoms with Crippen molar-refractivity contribution < 1.29 is 0 Å². The predicted molar refractivity (Wildman–Crippen MR) is 78.6 cm³/mol. The van der Waals surface area contributed by atoms with Gasteiger partial charge in [-0.1, -0.05) is 27.7 Å². The number of likely N-dealkylation sites (N-methyl/N-ethyl adjacent to an activating group) is 1. The largest absolute Gasteiger partial charge is 0.305 e. The highest BCUT2D eigenvalue weighted by Crippen LogP contribution is 2.15. The Morgan fingerprint density at radius 1 is 0.706 bits per heavy atom. The molecule has 0 bridgehead atoms. The maximum atomic E-state index is 2.58. The van der Waals surface area contributed by atoms with Crippen LogP contribution in [0.3, 0.4) is 0 Å². The van der Waals surface area contributed by atoms with Crippen molar-refractivity contribution in [3.8, 4) is 0 Å². The van der Waals surface area contributed by atoms with Crippen LogP contribution < -0.4 is 0 Å². The summed E-state index contributed by atoms with van der Waals surface area (Å²) in [5.74, 6) is 0. The molecular formula is C15H34N2. The van der Waals surface area contributed by atoms with E-state index in [1.807, 2.05) is 0 Å². The Labute approximate surface area is 109 Å². The summed E-state index contributed by atoms with van der Waals surface area (Å²) < 4.78 is 0. The summed E-state index contributed by atoms with van der Waals surface area (Å²) in [6.07, 6.45) is 1.31. The molecule has 17 heavy (non-hydrogen) atoms. The van der Waals surface area contributed by atoms with Gasteiger partial charge in [0.2, 0.25) is 0 Å². The van der Waals surface area contributed by atoms with Crippen LogP contribution in [0.5, 0.6) is 0 Å².